The summed E-state index contributed by atoms with van der Waals surface area (Å²) in [7, 11) is 2.12. The molecule has 1 saturated carbocycles. The van der Waals surface area contributed by atoms with Crippen LogP contribution < -0.4 is 5.32 Å². The lowest BCUT2D eigenvalue weighted by molar-refractivity contribution is 0.0810. The largest absolute Gasteiger partial charge is 0.396 e. The van der Waals surface area contributed by atoms with E-state index in [1.165, 1.54) is 49.1 Å². The Labute approximate surface area is 117 Å². The van der Waals surface area contributed by atoms with E-state index in [9.17, 15) is 5.11 Å². The molecule has 2 rings (SSSR count). The summed E-state index contributed by atoms with van der Waals surface area (Å²) < 4.78 is 2.24. The van der Waals surface area contributed by atoms with Crippen molar-refractivity contribution in [3.05, 3.63) is 23.0 Å². The number of hydrogen-bond donors (Lipinski definition) is 2. The SMILES string of the molecule is Cc1cc(CNCC2(CO)CCCCC2)c(C)n1C. The Morgan fingerprint density at radius 1 is 1.26 bits per heavy atom. The van der Waals surface area contributed by atoms with E-state index in [1.807, 2.05) is 0 Å². The first-order valence-electron chi connectivity index (χ1n) is 7.51. The van der Waals surface area contributed by atoms with Gasteiger partial charge in [0.25, 0.3) is 0 Å². The summed E-state index contributed by atoms with van der Waals surface area (Å²) in [4.78, 5) is 0. The highest BCUT2D eigenvalue weighted by Crippen LogP contribution is 2.35. The maximum absolute atomic E-state index is 9.70. The smallest absolute Gasteiger partial charge is 0.0499 e. The molecule has 3 nitrogen and oxygen atoms in total. The maximum atomic E-state index is 9.70. The number of aliphatic hydroxyl groups is 1. The van der Waals surface area contributed by atoms with Gasteiger partial charge in [-0.2, -0.15) is 0 Å². The van der Waals surface area contributed by atoms with Crippen LogP contribution in [0.15, 0.2) is 6.07 Å². The Hall–Kier alpha value is -0.800. The van der Waals surface area contributed by atoms with Crippen molar-refractivity contribution in [3.63, 3.8) is 0 Å². The third kappa shape index (κ3) is 3.21. The molecule has 1 aromatic heterocycles. The van der Waals surface area contributed by atoms with E-state index in [0.29, 0.717) is 6.61 Å². The van der Waals surface area contributed by atoms with Crippen molar-refractivity contribution in [2.24, 2.45) is 12.5 Å². The molecule has 2 N–H and O–H groups in total. The zero-order valence-electron chi connectivity index (χ0n) is 12.6. The summed E-state index contributed by atoms with van der Waals surface area (Å²) in [5.74, 6) is 0. The summed E-state index contributed by atoms with van der Waals surface area (Å²) in [5, 5.41) is 13.3. The minimum Gasteiger partial charge on any atom is -0.396 e. The number of aliphatic hydroxyl groups excluding tert-OH is 1. The highest BCUT2D eigenvalue weighted by molar-refractivity contribution is 5.26. The molecule has 0 saturated heterocycles. The van der Waals surface area contributed by atoms with Gasteiger partial charge in [0.05, 0.1) is 0 Å². The number of aromatic nitrogens is 1. The monoisotopic (exact) mass is 264 g/mol. The molecule has 0 aliphatic heterocycles. The normalized spacial score (nSPS) is 18.7. The molecule has 1 aliphatic rings. The van der Waals surface area contributed by atoms with Gasteiger partial charge in [-0.15, -0.1) is 0 Å². The number of nitrogens with zero attached hydrogens (tertiary/aromatic N) is 1. The van der Waals surface area contributed by atoms with Crippen LogP contribution in [0, 0.1) is 19.3 Å². The van der Waals surface area contributed by atoms with Crippen LogP contribution in [0.4, 0.5) is 0 Å². The third-order valence-corrected chi connectivity index (χ3v) is 4.95. The summed E-state index contributed by atoms with van der Waals surface area (Å²) in [6, 6.07) is 2.26. The molecule has 0 amide bonds. The average Bonchev–Trinajstić information content (AvgIpc) is 2.67. The van der Waals surface area contributed by atoms with Gasteiger partial charge in [0.2, 0.25) is 0 Å². The van der Waals surface area contributed by atoms with E-state index in [1.54, 1.807) is 0 Å². The first-order chi connectivity index (χ1) is 9.08. The van der Waals surface area contributed by atoms with Crippen LogP contribution in [0.5, 0.6) is 0 Å². The van der Waals surface area contributed by atoms with E-state index in [-0.39, 0.29) is 5.41 Å². The summed E-state index contributed by atoms with van der Waals surface area (Å²) in [5.41, 5.74) is 4.16. The molecule has 1 aliphatic carbocycles. The zero-order valence-corrected chi connectivity index (χ0v) is 12.6. The molecule has 0 spiro atoms. The Morgan fingerprint density at radius 3 is 2.47 bits per heavy atom. The van der Waals surface area contributed by atoms with Gasteiger partial charge in [-0.3, -0.25) is 0 Å². The Bertz CT molecular complexity index is 417. The molecular formula is C16H28N2O. The van der Waals surface area contributed by atoms with Crippen molar-refractivity contribution < 1.29 is 5.11 Å². The predicted octanol–water partition coefficient (Wildman–Crippen LogP) is 2.67. The molecule has 0 atom stereocenters. The van der Waals surface area contributed by atoms with Crippen molar-refractivity contribution >= 4 is 0 Å². The van der Waals surface area contributed by atoms with E-state index < -0.39 is 0 Å². The summed E-state index contributed by atoms with van der Waals surface area (Å²) >= 11 is 0. The second kappa shape index (κ2) is 6.10. The van der Waals surface area contributed by atoms with Crippen molar-refractivity contribution in [3.8, 4) is 0 Å². The molecule has 1 fully saturated rings. The molecule has 0 aromatic carbocycles. The molecule has 1 heterocycles. The van der Waals surface area contributed by atoms with Gasteiger partial charge in [0.15, 0.2) is 0 Å². The summed E-state index contributed by atoms with van der Waals surface area (Å²) in [6.45, 7) is 6.50. The lowest BCUT2D eigenvalue weighted by Gasteiger charge is -2.35. The van der Waals surface area contributed by atoms with E-state index in [4.69, 9.17) is 0 Å². The second-order valence-electron chi connectivity index (χ2n) is 6.28. The average molecular weight is 264 g/mol. The van der Waals surface area contributed by atoms with Crippen molar-refractivity contribution in [2.45, 2.75) is 52.5 Å². The van der Waals surface area contributed by atoms with Crippen LogP contribution >= 0.6 is 0 Å². The van der Waals surface area contributed by atoms with Crippen molar-refractivity contribution in [2.75, 3.05) is 13.2 Å². The van der Waals surface area contributed by atoms with Crippen LogP contribution in [0.25, 0.3) is 0 Å². The highest BCUT2D eigenvalue weighted by atomic mass is 16.3. The van der Waals surface area contributed by atoms with Gasteiger partial charge < -0.3 is 15.0 Å². The fraction of sp³-hybridized carbons (Fsp3) is 0.750. The van der Waals surface area contributed by atoms with Crippen LogP contribution in [0.2, 0.25) is 0 Å². The molecular weight excluding hydrogens is 236 g/mol. The number of aryl methyl sites for hydroxylation is 1. The topological polar surface area (TPSA) is 37.2 Å². The third-order valence-electron chi connectivity index (χ3n) is 4.95. The lowest BCUT2D eigenvalue weighted by atomic mass is 9.74. The standard InChI is InChI=1S/C16H28N2O/c1-13-9-15(14(2)18(13)3)10-17-11-16(12-19)7-5-4-6-8-16/h9,17,19H,4-8,10-12H2,1-3H3. The fourth-order valence-electron chi connectivity index (χ4n) is 3.27. The molecule has 0 radical (unpaired) electrons. The van der Waals surface area contributed by atoms with Gasteiger partial charge in [-0.05, 0) is 38.3 Å². The van der Waals surface area contributed by atoms with Crippen LogP contribution in [-0.2, 0) is 13.6 Å². The highest BCUT2D eigenvalue weighted by Gasteiger charge is 2.30. The Kier molecular flexibility index (Phi) is 4.69. The van der Waals surface area contributed by atoms with Gasteiger partial charge in [0, 0.05) is 43.5 Å². The van der Waals surface area contributed by atoms with Gasteiger partial charge in [-0.25, -0.2) is 0 Å². The molecule has 0 unspecified atom stereocenters. The number of hydrogen-bond acceptors (Lipinski definition) is 2. The first kappa shape index (κ1) is 14.6. The van der Waals surface area contributed by atoms with E-state index in [0.717, 1.165) is 13.1 Å². The lowest BCUT2D eigenvalue weighted by Crippen LogP contribution is -2.38. The van der Waals surface area contributed by atoms with Crippen molar-refractivity contribution in [1.82, 2.24) is 9.88 Å². The molecule has 19 heavy (non-hydrogen) atoms. The zero-order chi connectivity index (χ0) is 13.9. The van der Waals surface area contributed by atoms with E-state index in [2.05, 4.69) is 36.8 Å². The van der Waals surface area contributed by atoms with Gasteiger partial charge in [-0.1, -0.05) is 19.3 Å². The van der Waals surface area contributed by atoms with Crippen molar-refractivity contribution in [1.29, 1.82) is 0 Å². The minimum atomic E-state index is 0.135. The van der Waals surface area contributed by atoms with Gasteiger partial charge >= 0.3 is 0 Å². The first-order valence-corrected chi connectivity index (χ1v) is 7.51. The van der Waals surface area contributed by atoms with Crippen LogP contribution in [0.3, 0.4) is 0 Å². The molecule has 3 heteroatoms. The molecule has 0 bridgehead atoms. The number of nitrogens with one attached hydrogen (secondary N) is 1. The fourth-order valence-corrected chi connectivity index (χ4v) is 3.27. The van der Waals surface area contributed by atoms with Crippen LogP contribution in [0.1, 0.15) is 49.1 Å². The number of rotatable bonds is 5. The second-order valence-corrected chi connectivity index (χ2v) is 6.28. The maximum Gasteiger partial charge on any atom is 0.0499 e. The minimum absolute atomic E-state index is 0.135. The quantitative estimate of drug-likeness (QED) is 0.858. The van der Waals surface area contributed by atoms with Gasteiger partial charge in [0.1, 0.15) is 0 Å². The molecule has 1 aromatic rings. The predicted molar refractivity (Wildman–Crippen MR) is 79.2 cm³/mol. The van der Waals surface area contributed by atoms with Crippen LogP contribution in [-0.4, -0.2) is 22.8 Å². The Morgan fingerprint density at radius 2 is 1.95 bits per heavy atom. The molecule has 108 valence electrons. The Balaban J connectivity index is 1.90. The summed E-state index contributed by atoms with van der Waals surface area (Å²) in [6.07, 6.45) is 6.21. The van der Waals surface area contributed by atoms with E-state index >= 15 is 0 Å².